The third kappa shape index (κ3) is 3.44. The van der Waals surface area contributed by atoms with Crippen molar-refractivity contribution in [3.63, 3.8) is 0 Å². The summed E-state index contributed by atoms with van der Waals surface area (Å²) in [4.78, 5) is 20.8. The molecule has 0 saturated heterocycles. The number of nitrogens with zero attached hydrogens (tertiary/aromatic N) is 2. The van der Waals surface area contributed by atoms with Gasteiger partial charge in [0.2, 0.25) is 5.91 Å². The van der Waals surface area contributed by atoms with E-state index >= 15 is 0 Å². The van der Waals surface area contributed by atoms with E-state index in [9.17, 15) is 4.79 Å². The SMILES string of the molecule is Cc1cc(Cl)c(CC(=O)Nc2cccc3cccnc23)c(Cl)n1. The topological polar surface area (TPSA) is 54.9 Å². The number of hydrogen-bond donors (Lipinski definition) is 1. The van der Waals surface area contributed by atoms with Crippen LogP contribution in [0.1, 0.15) is 11.3 Å². The van der Waals surface area contributed by atoms with E-state index in [0.29, 0.717) is 22.0 Å². The zero-order chi connectivity index (χ0) is 16.4. The zero-order valence-electron chi connectivity index (χ0n) is 12.3. The Morgan fingerprint density at radius 2 is 2.00 bits per heavy atom. The fraction of sp³-hybridized carbons (Fsp3) is 0.118. The summed E-state index contributed by atoms with van der Waals surface area (Å²) < 4.78 is 0. The van der Waals surface area contributed by atoms with Crippen molar-refractivity contribution in [3.8, 4) is 0 Å². The zero-order valence-corrected chi connectivity index (χ0v) is 13.8. The van der Waals surface area contributed by atoms with Gasteiger partial charge >= 0.3 is 0 Å². The normalized spacial score (nSPS) is 10.7. The number of pyridine rings is 2. The first-order valence-electron chi connectivity index (χ1n) is 6.99. The predicted octanol–water partition coefficient (Wildman–Crippen LogP) is 4.43. The second-order valence-corrected chi connectivity index (χ2v) is 5.89. The Balaban J connectivity index is 1.85. The summed E-state index contributed by atoms with van der Waals surface area (Å²) in [5.74, 6) is -0.224. The van der Waals surface area contributed by atoms with Crippen molar-refractivity contribution in [3.05, 3.63) is 64.0 Å². The summed E-state index contributed by atoms with van der Waals surface area (Å²) >= 11 is 12.2. The lowest BCUT2D eigenvalue weighted by Crippen LogP contribution is -2.15. The first-order chi connectivity index (χ1) is 11.0. The van der Waals surface area contributed by atoms with Gasteiger partial charge in [-0.1, -0.05) is 41.4 Å². The van der Waals surface area contributed by atoms with Crippen LogP contribution >= 0.6 is 23.2 Å². The molecule has 4 nitrogen and oxygen atoms in total. The highest BCUT2D eigenvalue weighted by atomic mass is 35.5. The summed E-state index contributed by atoms with van der Waals surface area (Å²) in [6.45, 7) is 1.80. The van der Waals surface area contributed by atoms with Crippen molar-refractivity contribution in [1.29, 1.82) is 0 Å². The number of hydrogen-bond acceptors (Lipinski definition) is 3. The molecule has 0 radical (unpaired) electrons. The number of halogens is 2. The Hall–Kier alpha value is -2.17. The number of amides is 1. The highest BCUT2D eigenvalue weighted by Crippen LogP contribution is 2.25. The van der Waals surface area contributed by atoms with Gasteiger partial charge < -0.3 is 5.32 Å². The van der Waals surface area contributed by atoms with Crippen LogP contribution in [0.15, 0.2) is 42.6 Å². The Morgan fingerprint density at radius 1 is 1.22 bits per heavy atom. The third-order valence-electron chi connectivity index (χ3n) is 3.39. The van der Waals surface area contributed by atoms with E-state index in [1.807, 2.05) is 30.3 Å². The molecule has 0 spiro atoms. The van der Waals surface area contributed by atoms with Crippen LogP contribution in [0.3, 0.4) is 0 Å². The molecule has 3 rings (SSSR count). The Morgan fingerprint density at radius 3 is 2.78 bits per heavy atom. The summed E-state index contributed by atoms with van der Waals surface area (Å²) in [6, 6.07) is 11.1. The molecule has 2 aromatic heterocycles. The van der Waals surface area contributed by atoms with Gasteiger partial charge in [0.15, 0.2) is 0 Å². The molecule has 1 aromatic carbocycles. The van der Waals surface area contributed by atoms with Crippen molar-refractivity contribution in [2.24, 2.45) is 0 Å². The van der Waals surface area contributed by atoms with E-state index < -0.39 is 0 Å². The van der Waals surface area contributed by atoms with Crippen molar-refractivity contribution in [2.45, 2.75) is 13.3 Å². The van der Waals surface area contributed by atoms with Crippen LogP contribution in [-0.2, 0) is 11.2 Å². The molecule has 0 unspecified atom stereocenters. The first kappa shape index (κ1) is 15.7. The van der Waals surface area contributed by atoms with Gasteiger partial charge in [0.1, 0.15) is 5.15 Å². The minimum Gasteiger partial charge on any atom is -0.324 e. The maximum absolute atomic E-state index is 12.3. The highest BCUT2D eigenvalue weighted by Gasteiger charge is 2.14. The van der Waals surface area contributed by atoms with Crippen LogP contribution in [0.25, 0.3) is 10.9 Å². The Kier molecular flexibility index (Phi) is 4.46. The predicted molar refractivity (Wildman–Crippen MR) is 93.1 cm³/mol. The summed E-state index contributed by atoms with van der Waals surface area (Å²) in [5.41, 5.74) is 2.62. The molecule has 3 aromatic rings. The second-order valence-electron chi connectivity index (χ2n) is 5.12. The minimum atomic E-state index is -0.224. The average molecular weight is 346 g/mol. The van der Waals surface area contributed by atoms with Crippen LogP contribution in [0, 0.1) is 6.92 Å². The monoisotopic (exact) mass is 345 g/mol. The second kappa shape index (κ2) is 6.52. The van der Waals surface area contributed by atoms with Crippen LogP contribution in [0.5, 0.6) is 0 Å². The summed E-state index contributed by atoms with van der Waals surface area (Å²) in [5, 5.41) is 4.50. The minimum absolute atomic E-state index is 0.0498. The van der Waals surface area contributed by atoms with E-state index in [2.05, 4.69) is 15.3 Å². The van der Waals surface area contributed by atoms with Crippen LogP contribution in [0.2, 0.25) is 10.2 Å². The third-order valence-corrected chi connectivity index (χ3v) is 4.04. The van der Waals surface area contributed by atoms with Gasteiger partial charge in [0.25, 0.3) is 0 Å². The number of aryl methyl sites for hydroxylation is 1. The molecule has 0 aliphatic carbocycles. The maximum Gasteiger partial charge on any atom is 0.229 e. The number of carbonyl (C=O) groups excluding carboxylic acids is 1. The molecule has 2 heterocycles. The van der Waals surface area contributed by atoms with Crippen molar-refractivity contribution >= 4 is 45.7 Å². The van der Waals surface area contributed by atoms with Gasteiger partial charge in [-0.3, -0.25) is 9.78 Å². The number of rotatable bonds is 3. The van der Waals surface area contributed by atoms with Crippen molar-refractivity contribution in [1.82, 2.24) is 9.97 Å². The van der Waals surface area contributed by atoms with Crippen molar-refractivity contribution < 1.29 is 4.79 Å². The largest absolute Gasteiger partial charge is 0.324 e. The number of aromatic nitrogens is 2. The quantitative estimate of drug-likeness (QED) is 0.714. The van der Waals surface area contributed by atoms with Gasteiger partial charge in [-0.15, -0.1) is 0 Å². The molecule has 0 saturated carbocycles. The standard InChI is InChI=1S/C17H13Cl2N3O/c1-10-8-13(18)12(17(19)21-10)9-15(23)22-14-6-2-4-11-5-3-7-20-16(11)14/h2-8H,9H2,1H3,(H,22,23). The molecule has 0 bridgehead atoms. The highest BCUT2D eigenvalue weighted by molar-refractivity contribution is 6.35. The molecule has 0 atom stereocenters. The molecule has 1 N–H and O–H groups in total. The van der Waals surface area contributed by atoms with E-state index in [1.54, 1.807) is 19.2 Å². The Bertz CT molecular complexity index is 868. The number of fused-ring (bicyclic) bond motifs is 1. The fourth-order valence-corrected chi connectivity index (χ4v) is 3.01. The van der Waals surface area contributed by atoms with E-state index in [4.69, 9.17) is 23.2 Å². The van der Waals surface area contributed by atoms with Crippen LogP contribution in [0.4, 0.5) is 5.69 Å². The van der Waals surface area contributed by atoms with Gasteiger partial charge in [-0.25, -0.2) is 4.98 Å². The molecular formula is C17H13Cl2N3O. The number of anilines is 1. The molecule has 0 fully saturated rings. The molecular weight excluding hydrogens is 333 g/mol. The van der Waals surface area contributed by atoms with E-state index in [0.717, 1.165) is 10.9 Å². The number of nitrogens with one attached hydrogen (secondary N) is 1. The molecule has 23 heavy (non-hydrogen) atoms. The first-order valence-corrected chi connectivity index (χ1v) is 7.75. The van der Waals surface area contributed by atoms with E-state index in [1.165, 1.54) is 0 Å². The number of carbonyl (C=O) groups is 1. The Labute approximate surface area is 143 Å². The van der Waals surface area contributed by atoms with Crippen LogP contribution < -0.4 is 5.32 Å². The summed E-state index contributed by atoms with van der Waals surface area (Å²) in [7, 11) is 0. The van der Waals surface area contributed by atoms with Crippen molar-refractivity contribution in [2.75, 3.05) is 5.32 Å². The maximum atomic E-state index is 12.3. The number of benzene rings is 1. The molecule has 6 heteroatoms. The molecule has 1 amide bonds. The van der Waals surface area contributed by atoms with Gasteiger partial charge in [0.05, 0.1) is 17.6 Å². The van der Waals surface area contributed by atoms with Gasteiger partial charge in [0, 0.05) is 27.9 Å². The van der Waals surface area contributed by atoms with Gasteiger partial charge in [-0.2, -0.15) is 0 Å². The summed E-state index contributed by atoms with van der Waals surface area (Å²) in [6.07, 6.45) is 1.74. The molecule has 0 aliphatic rings. The lowest BCUT2D eigenvalue weighted by molar-refractivity contribution is -0.115. The lowest BCUT2D eigenvalue weighted by atomic mass is 10.1. The van der Waals surface area contributed by atoms with Crippen LogP contribution in [-0.4, -0.2) is 15.9 Å². The fourth-order valence-electron chi connectivity index (χ4n) is 2.34. The number of para-hydroxylation sites is 1. The van der Waals surface area contributed by atoms with E-state index in [-0.39, 0.29) is 17.5 Å². The molecule has 116 valence electrons. The average Bonchev–Trinajstić information content (AvgIpc) is 2.51. The van der Waals surface area contributed by atoms with Gasteiger partial charge in [-0.05, 0) is 25.1 Å². The lowest BCUT2D eigenvalue weighted by Gasteiger charge is -2.10. The smallest absolute Gasteiger partial charge is 0.229 e. The molecule has 0 aliphatic heterocycles.